The SMILES string of the molecule is CCc1c(CC)c(CC)[c-](CC)c1CC.[Li+]. The van der Waals surface area contributed by atoms with E-state index in [0.717, 1.165) is 0 Å². The molecule has 1 rings (SSSR count). The van der Waals surface area contributed by atoms with Crippen molar-refractivity contribution in [2.75, 3.05) is 0 Å². The summed E-state index contributed by atoms with van der Waals surface area (Å²) < 4.78 is 0. The minimum absolute atomic E-state index is 0. The van der Waals surface area contributed by atoms with Crippen LogP contribution in [0.25, 0.3) is 0 Å². The van der Waals surface area contributed by atoms with Gasteiger partial charge in [0.1, 0.15) is 0 Å². The summed E-state index contributed by atoms with van der Waals surface area (Å²) in [6, 6.07) is 0. The van der Waals surface area contributed by atoms with E-state index in [0.29, 0.717) is 0 Å². The third-order valence-corrected chi connectivity index (χ3v) is 3.59. The van der Waals surface area contributed by atoms with Crippen LogP contribution >= 0.6 is 0 Å². The van der Waals surface area contributed by atoms with E-state index >= 15 is 0 Å². The third-order valence-electron chi connectivity index (χ3n) is 3.59. The fourth-order valence-corrected chi connectivity index (χ4v) is 3.04. The van der Waals surface area contributed by atoms with Gasteiger partial charge in [-0.2, -0.15) is 27.8 Å². The fraction of sp³-hybridized carbons (Fsp3) is 0.667. The second-order valence-corrected chi connectivity index (χ2v) is 4.16. The molecule has 86 valence electrons. The van der Waals surface area contributed by atoms with E-state index in [-0.39, 0.29) is 18.9 Å². The second-order valence-electron chi connectivity index (χ2n) is 4.16. The molecule has 1 aromatic rings. The van der Waals surface area contributed by atoms with Crippen LogP contribution in [0.1, 0.15) is 62.4 Å². The molecule has 0 N–H and O–H groups in total. The molecule has 0 heterocycles. The Kier molecular flexibility index (Phi) is 7.28. The van der Waals surface area contributed by atoms with Gasteiger partial charge < -0.3 is 0 Å². The van der Waals surface area contributed by atoms with Crippen LogP contribution in [0.3, 0.4) is 0 Å². The van der Waals surface area contributed by atoms with Crippen LogP contribution in [0, 0.1) is 0 Å². The molecule has 0 fully saturated rings. The zero-order valence-corrected chi connectivity index (χ0v) is 12.0. The van der Waals surface area contributed by atoms with Crippen molar-refractivity contribution in [3.63, 3.8) is 0 Å². The predicted octanol–water partition coefficient (Wildman–Crippen LogP) is 1.22. The molecule has 0 saturated heterocycles. The number of hydrogen-bond acceptors (Lipinski definition) is 0. The summed E-state index contributed by atoms with van der Waals surface area (Å²) in [7, 11) is 0. The van der Waals surface area contributed by atoms with E-state index < -0.39 is 0 Å². The quantitative estimate of drug-likeness (QED) is 0.508. The Bertz CT molecular complexity index is 229. The number of hydrogen-bond donors (Lipinski definition) is 0. The van der Waals surface area contributed by atoms with Gasteiger partial charge in [-0.05, 0) is 0 Å². The van der Waals surface area contributed by atoms with E-state index in [9.17, 15) is 0 Å². The van der Waals surface area contributed by atoms with Crippen molar-refractivity contribution in [2.45, 2.75) is 66.7 Å². The first-order valence-electron chi connectivity index (χ1n) is 6.55. The molecule has 0 saturated carbocycles. The third kappa shape index (κ3) is 2.61. The molecular weight excluding hydrogens is 187 g/mol. The maximum Gasteiger partial charge on any atom is 1.00 e. The Morgan fingerprint density at radius 2 is 1.06 bits per heavy atom. The van der Waals surface area contributed by atoms with E-state index in [1.54, 1.807) is 27.8 Å². The second kappa shape index (κ2) is 7.31. The zero-order valence-electron chi connectivity index (χ0n) is 12.0. The summed E-state index contributed by atoms with van der Waals surface area (Å²) in [6.07, 6.45) is 6.04. The summed E-state index contributed by atoms with van der Waals surface area (Å²) in [4.78, 5) is 0. The smallest absolute Gasteiger partial charge is 0.192 e. The van der Waals surface area contributed by atoms with E-state index in [1.807, 2.05) is 0 Å². The Balaban J connectivity index is 0.00000225. The molecular formula is C15H25Li. The maximum atomic E-state index is 2.30. The molecule has 0 nitrogen and oxygen atoms in total. The molecule has 0 bridgehead atoms. The van der Waals surface area contributed by atoms with Gasteiger partial charge in [-0.25, -0.2) is 0 Å². The summed E-state index contributed by atoms with van der Waals surface area (Å²) in [5.74, 6) is 0. The van der Waals surface area contributed by atoms with Crippen molar-refractivity contribution in [1.29, 1.82) is 0 Å². The van der Waals surface area contributed by atoms with E-state index in [4.69, 9.17) is 0 Å². The van der Waals surface area contributed by atoms with Gasteiger partial charge in [0.15, 0.2) is 0 Å². The van der Waals surface area contributed by atoms with Gasteiger partial charge in [-0.15, -0.1) is 0 Å². The molecule has 0 amide bonds. The average molecular weight is 212 g/mol. The Hall–Kier alpha value is -0.0526. The molecule has 0 spiro atoms. The Morgan fingerprint density at radius 1 is 0.688 bits per heavy atom. The topological polar surface area (TPSA) is 0 Å². The van der Waals surface area contributed by atoms with Crippen molar-refractivity contribution in [3.05, 3.63) is 27.8 Å². The molecule has 0 aromatic heterocycles. The van der Waals surface area contributed by atoms with E-state index in [1.165, 1.54) is 32.1 Å². The van der Waals surface area contributed by atoms with Crippen LogP contribution in [0.2, 0.25) is 0 Å². The Morgan fingerprint density at radius 3 is 1.25 bits per heavy atom. The predicted molar refractivity (Wildman–Crippen MR) is 68.9 cm³/mol. The molecule has 1 aromatic carbocycles. The maximum absolute atomic E-state index is 2.30. The van der Waals surface area contributed by atoms with Gasteiger partial charge >= 0.3 is 18.9 Å². The minimum Gasteiger partial charge on any atom is -0.192 e. The summed E-state index contributed by atoms with van der Waals surface area (Å²) in [6.45, 7) is 11.5. The zero-order chi connectivity index (χ0) is 11.4. The van der Waals surface area contributed by atoms with Gasteiger partial charge in [-0.1, -0.05) is 66.7 Å². The standard InChI is InChI=1S/C15H25.Li/c1-6-11-12(7-2)14(9-4)15(10-5)13(11)8-3;/h6-10H2,1-5H3;/q-1;+1. The molecule has 0 aliphatic carbocycles. The van der Waals surface area contributed by atoms with Crippen LogP contribution in [0.4, 0.5) is 0 Å². The first kappa shape index (κ1) is 15.9. The van der Waals surface area contributed by atoms with Crippen molar-refractivity contribution in [2.24, 2.45) is 0 Å². The monoisotopic (exact) mass is 212 g/mol. The summed E-state index contributed by atoms with van der Waals surface area (Å²) >= 11 is 0. The van der Waals surface area contributed by atoms with Crippen LogP contribution in [0.15, 0.2) is 0 Å². The van der Waals surface area contributed by atoms with Crippen LogP contribution in [0.5, 0.6) is 0 Å². The summed E-state index contributed by atoms with van der Waals surface area (Å²) in [5.41, 5.74) is 8.30. The summed E-state index contributed by atoms with van der Waals surface area (Å²) in [5, 5.41) is 0. The van der Waals surface area contributed by atoms with E-state index in [2.05, 4.69) is 34.6 Å². The van der Waals surface area contributed by atoms with Crippen molar-refractivity contribution >= 4 is 0 Å². The molecule has 0 aliphatic rings. The number of rotatable bonds is 5. The largest absolute Gasteiger partial charge is 1.00 e. The van der Waals surface area contributed by atoms with Gasteiger partial charge in [0, 0.05) is 0 Å². The fourth-order valence-electron chi connectivity index (χ4n) is 3.04. The molecule has 0 aliphatic heterocycles. The molecule has 0 radical (unpaired) electrons. The Labute approximate surface area is 113 Å². The minimum atomic E-state index is 0. The van der Waals surface area contributed by atoms with Gasteiger partial charge in [0.05, 0.1) is 0 Å². The van der Waals surface area contributed by atoms with Gasteiger partial charge in [-0.3, -0.25) is 0 Å². The first-order chi connectivity index (χ1) is 7.24. The normalized spacial score (nSPS) is 10.3. The van der Waals surface area contributed by atoms with Crippen LogP contribution in [-0.4, -0.2) is 0 Å². The average Bonchev–Trinajstić information content (AvgIpc) is 2.59. The van der Waals surface area contributed by atoms with Gasteiger partial charge in [0.2, 0.25) is 0 Å². The molecule has 1 heteroatoms. The van der Waals surface area contributed by atoms with Crippen LogP contribution < -0.4 is 18.9 Å². The van der Waals surface area contributed by atoms with Crippen molar-refractivity contribution in [1.82, 2.24) is 0 Å². The molecule has 0 atom stereocenters. The molecule has 16 heavy (non-hydrogen) atoms. The first-order valence-corrected chi connectivity index (χ1v) is 6.55. The van der Waals surface area contributed by atoms with Crippen molar-refractivity contribution in [3.8, 4) is 0 Å². The van der Waals surface area contributed by atoms with Gasteiger partial charge in [0.25, 0.3) is 0 Å². The molecule has 0 unspecified atom stereocenters. The van der Waals surface area contributed by atoms with Crippen LogP contribution in [-0.2, 0) is 32.1 Å². The van der Waals surface area contributed by atoms with Crippen molar-refractivity contribution < 1.29 is 18.9 Å².